The fraction of sp³-hybridized carbons (Fsp3) is 0.857. The zero-order chi connectivity index (χ0) is 8.15. The van der Waals surface area contributed by atoms with E-state index in [1.165, 1.54) is 4.90 Å². The molecule has 3 heteroatoms. The lowest BCUT2D eigenvalue weighted by atomic mass is 10.1. The van der Waals surface area contributed by atoms with Crippen molar-refractivity contribution < 1.29 is 9.90 Å². The smallest absolute Gasteiger partial charge is 0.407 e. The second kappa shape index (κ2) is 4.14. The SMILES string of the molecule is CCC(CC)N(C)C(=O)O. The van der Waals surface area contributed by atoms with Crippen molar-refractivity contribution >= 4 is 6.09 Å². The highest BCUT2D eigenvalue weighted by Crippen LogP contribution is 2.05. The Morgan fingerprint density at radius 1 is 1.50 bits per heavy atom. The van der Waals surface area contributed by atoms with E-state index >= 15 is 0 Å². The molecule has 0 saturated heterocycles. The highest BCUT2D eigenvalue weighted by Gasteiger charge is 2.14. The number of nitrogens with zero attached hydrogens (tertiary/aromatic N) is 1. The second-order valence-electron chi connectivity index (χ2n) is 2.36. The molecule has 0 aromatic carbocycles. The Hall–Kier alpha value is -0.730. The summed E-state index contributed by atoms with van der Waals surface area (Å²) in [7, 11) is 1.61. The Labute approximate surface area is 61.6 Å². The van der Waals surface area contributed by atoms with Gasteiger partial charge in [0, 0.05) is 13.1 Å². The van der Waals surface area contributed by atoms with Gasteiger partial charge in [-0.1, -0.05) is 13.8 Å². The predicted octanol–water partition coefficient (Wildman–Crippen LogP) is 1.78. The van der Waals surface area contributed by atoms with Crippen molar-refractivity contribution in [2.24, 2.45) is 0 Å². The van der Waals surface area contributed by atoms with Crippen molar-refractivity contribution in [3.63, 3.8) is 0 Å². The largest absolute Gasteiger partial charge is 0.465 e. The van der Waals surface area contributed by atoms with Crippen LogP contribution in [0.5, 0.6) is 0 Å². The number of hydrogen-bond acceptors (Lipinski definition) is 1. The summed E-state index contributed by atoms with van der Waals surface area (Å²) in [6.45, 7) is 3.99. The molecule has 1 N–H and O–H groups in total. The van der Waals surface area contributed by atoms with Crippen LogP contribution in [0, 0.1) is 0 Å². The fourth-order valence-electron chi connectivity index (χ4n) is 0.993. The third-order valence-corrected chi connectivity index (χ3v) is 1.79. The molecule has 0 bridgehead atoms. The van der Waals surface area contributed by atoms with E-state index in [1.807, 2.05) is 13.8 Å². The predicted molar refractivity (Wildman–Crippen MR) is 40.2 cm³/mol. The average Bonchev–Trinajstić information content (AvgIpc) is 1.90. The Bertz CT molecular complexity index is 110. The zero-order valence-corrected chi connectivity index (χ0v) is 6.79. The summed E-state index contributed by atoms with van der Waals surface area (Å²) >= 11 is 0. The number of rotatable bonds is 3. The van der Waals surface area contributed by atoms with Crippen LogP contribution in [-0.2, 0) is 0 Å². The maximum Gasteiger partial charge on any atom is 0.407 e. The van der Waals surface area contributed by atoms with Crippen LogP contribution in [0.25, 0.3) is 0 Å². The van der Waals surface area contributed by atoms with Gasteiger partial charge in [0.1, 0.15) is 0 Å². The van der Waals surface area contributed by atoms with Gasteiger partial charge in [0.2, 0.25) is 0 Å². The Morgan fingerprint density at radius 2 is 1.90 bits per heavy atom. The molecule has 10 heavy (non-hydrogen) atoms. The van der Waals surface area contributed by atoms with E-state index in [0.29, 0.717) is 0 Å². The van der Waals surface area contributed by atoms with E-state index in [0.717, 1.165) is 12.8 Å². The van der Waals surface area contributed by atoms with E-state index in [-0.39, 0.29) is 6.04 Å². The van der Waals surface area contributed by atoms with Gasteiger partial charge in [-0.25, -0.2) is 4.79 Å². The first-order valence-electron chi connectivity index (χ1n) is 3.59. The molecule has 3 nitrogen and oxygen atoms in total. The van der Waals surface area contributed by atoms with E-state index in [2.05, 4.69) is 0 Å². The molecular formula is C7H15NO2. The summed E-state index contributed by atoms with van der Waals surface area (Å²) < 4.78 is 0. The van der Waals surface area contributed by atoms with Gasteiger partial charge in [0.15, 0.2) is 0 Å². The summed E-state index contributed by atoms with van der Waals surface area (Å²) in [4.78, 5) is 11.7. The molecule has 0 unspecified atom stereocenters. The van der Waals surface area contributed by atoms with E-state index in [4.69, 9.17) is 5.11 Å². The molecular weight excluding hydrogens is 130 g/mol. The molecule has 0 aromatic heterocycles. The number of amides is 1. The Morgan fingerprint density at radius 3 is 2.00 bits per heavy atom. The number of carbonyl (C=O) groups is 1. The molecule has 0 aliphatic heterocycles. The number of hydrogen-bond donors (Lipinski definition) is 1. The molecule has 60 valence electrons. The van der Waals surface area contributed by atoms with Crippen molar-refractivity contribution in [2.75, 3.05) is 7.05 Å². The van der Waals surface area contributed by atoms with Crippen LogP contribution in [0.15, 0.2) is 0 Å². The second-order valence-corrected chi connectivity index (χ2v) is 2.36. The Kier molecular flexibility index (Phi) is 3.84. The molecule has 0 spiro atoms. The monoisotopic (exact) mass is 145 g/mol. The van der Waals surface area contributed by atoms with Crippen LogP contribution >= 0.6 is 0 Å². The van der Waals surface area contributed by atoms with Crippen molar-refractivity contribution in [1.82, 2.24) is 4.90 Å². The third kappa shape index (κ3) is 2.25. The highest BCUT2D eigenvalue weighted by atomic mass is 16.4. The fourth-order valence-corrected chi connectivity index (χ4v) is 0.993. The zero-order valence-electron chi connectivity index (χ0n) is 6.79. The van der Waals surface area contributed by atoms with Gasteiger partial charge < -0.3 is 10.0 Å². The summed E-state index contributed by atoms with van der Waals surface area (Å²) in [5.41, 5.74) is 0. The van der Waals surface area contributed by atoms with E-state index in [9.17, 15) is 4.79 Å². The summed E-state index contributed by atoms with van der Waals surface area (Å²) in [6, 6.07) is 0.178. The molecule has 0 atom stereocenters. The molecule has 1 amide bonds. The molecule has 0 aliphatic carbocycles. The van der Waals surface area contributed by atoms with Crippen molar-refractivity contribution in [2.45, 2.75) is 32.7 Å². The van der Waals surface area contributed by atoms with Gasteiger partial charge in [0.05, 0.1) is 0 Å². The minimum absolute atomic E-state index is 0.178. The first-order chi connectivity index (χ1) is 4.63. The lowest BCUT2D eigenvalue weighted by molar-refractivity contribution is 0.136. The highest BCUT2D eigenvalue weighted by molar-refractivity contribution is 5.64. The van der Waals surface area contributed by atoms with Crippen molar-refractivity contribution in [3.05, 3.63) is 0 Å². The molecule has 0 saturated carbocycles. The standard InChI is InChI=1S/C7H15NO2/c1-4-6(5-2)8(3)7(9)10/h6H,4-5H2,1-3H3,(H,9,10). The molecule has 0 rings (SSSR count). The molecule has 0 radical (unpaired) electrons. The van der Waals surface area contributed by atoms with Gasteiger partial charge in [-0.05, 0) is 12.8 Å². The third-order valence-electron chi connectivity index (χ3n) is 1.79. The van der Waals surface area contributed by atoms with Crippen molar-refractivity contribution in [3.8, 4) is 0 Å². The quantitative estimate of drug-likeness (QED) is 0.657. The van der Waals surface area contributed by atoms with Crippen LogP contribution in [0.1, 0.15) is 26.7 Å². The van der Waals surface area contributed by atoms with E-state index in [1.54, 1.807) is 7.05 Å². The molecule has 0 heterocycles. The lowest BCUT2D eigenvalue weighted by Crippen LogP contribution is -2.34. The summed E-state index contributed by atoms with van der Waals surface area (Å²) in [5.74, 6) is 0. The van der Waals surface area contributed by atoms with Crippen molar-refractivity contribution in [1.29, 1.82) is 0 Å². The first kappa shape index (κ1) is 9.27. The van der Waals surface area contributed by atoms with Crippen LogP contribution in [0.3, 0.4) is 0 Å². The lowest BCUT2D eigenvalue weighted by Gasteiger charge is -2.22. The molecule has 0 fully saturated rings. The van der Waals surface area contributed by atoms with Gasteiger partial charge in [-0.2, -0.15) is 0 Å². The summed E-state index contributed by atoms with van der Waals surface area (Å²) in [5, 5.41) is 8.54. The van der Waals surface area contributed by atoms with Crippen LogP contribution in [0.4, 0.5) is 4.79 Å². The Balaban J connectivity index is 3.88. The minimum Gasteiger partial charge on any atom is -0.465 e. The van der Waals surface area contributed by atoms with E-state index < -0.39 is 6.09 Å². The van der Waals surface area contributed by atoms with Crippen LogP contribution in [0.2, 0.25) is 0 Å². The topological polar surface area (TPSA) is 40.5 Å². The van der Waals surface area contributed by atoms with Gasteiger partial charge in [-0.15, -0.1) is 0 Å². The maximum absolute atomic E-state index is 10.4. The maximum atomic E-state index is 10.4. The number of carboxylic acid groups (broad SMARTS) is 1. The normalized spacial score (nSPS) is 10.0. The van der Waals surface area contributed by atoms with Gasteiger partial charge in [0.25, 0.3) is 0 Å². The summed E-state index contributed by atoms with van der Waals surface area (Å²) in [6.07, 6.45) is 0.937. The average molecular weight is 145 g/mol. The minimum atomic E-state index is -0.839. The molecule has 0 aliphatic rings. The van der Waals surface area contributed by atoms with Crippen LogP contribution < -0.4 is 0 Å². The van der Waals surface area contributed by atoms with Crippen LogP contribution in [-0.4, -0.2) is 29.2 Å². The molecule has 0 aromatic rings. The van der Waals surface area contributed by atoms with Gasteiger partial charge in [-0.3, -0.25) is 0 Å². The van der Waals surface area contributed by atoms with Gasteiger partial charge >= 0.3 is 6.09 Å². The first-order valence-corrected chi connectivity index (χ1v) is 3.59.